The number of hydrogen-bond donors (Lipinski definition) is 4. The van der Waals surface area contributed by atoms with E-state index >= 15 is 0 Å². The Labute approximate surface area is 686 Å². The molecule has 6 N–H and O–H groups in total. The van der Waals surface area contributed by atoms with Crippen LogP contribution in [0.4, 0.5) is 16.4 Å². The number of para-hydroxylation sites is 4. The number of carbonyl (C=O) groups is 4. The first-order valence-electron chi connectivity index (χ1n) is 38.2. The molecule has 4 aliphatic rings. The smallest absolute Gasteiger partial charge is 0.870 e. The average molecular weight is 1550 g/mol. The van der Waals surface area contributed by atoms with Gasteiger partial charge in [-0.3, -0.25) is 14.4 Å². The molecule has 0 unspecified atom stereocenters. The van der Waals surface area contributed by atoms with Crippen LogP contribution in [-0.4, -0.2) is 193 Å². The molecule has 23 nitrogen and oxygen atoms in total. The number of piperidine rings is 3. The molecule has 3 atom stereocenters. The van der Waals surface area contributed by atoms with Crippen molar-refractivity contribution in [2.45, 2.75) is 128 Å². The number of nitrogens with one attached hydrogen (secondary N) is 3. The first-order valence-corrected chi connectivity index (χ1v) is 38.6. The number of allylic oxidation sites excluding steroid dienone is 1. The van der Waals surface area contributed by atoms with E-state index in [1.165, 1.54) is 51.0 Å². The van der Waals surface area contributed by atoms with Crippen molar-refractivity contribution in [1.29, 1.82) is 0 Å². The van der Waals surface area contributed by atoms with Crippen molar-refractivity contribution in [2.24, 2.45) is 17.6 Å². The van der Waals surface area contributed by atoms with Crippen molar-refractivity contribution < 1.29 is 63.7 Å². The topological polar surface area (TPSA) is 303 Å². The summed E-state index contributed by atoms with van der Waals surface area (Å²) >= 11 is 5.60. The van der Waals surface area contributed by atoms with Crippen LogP contribution >= 0.6 is 11.6 Å². The predicted molar refractivity (Wildman–Crippen MR) is 443 cm³/mol. The summed E-state index contributed by atoms with van der Waals surface area (Å²) in [7, 11) is 7.78. The van der Waals surface area contributed by atoms with Gasteiger partial charge in [-0.15, -0.1) is 0 Å². The minimum atomic E-state index is -0.453. The van der Waals surface area contributed by atoms with Crippen molar-refractivity contribution in [3.8, 4) is 0 Å². The summed E-state index contributed by atoms with van der Waals surface area (Å²) in [5, 5.41) is 14.0. The third-order valence-corrected chi connectivity index (χ3v) is 18.8. The first kappa shape index (κ1) is 89.8. The van der Waals surface area contributed by atoms with Crippen LogP contribution in [0.5, 0.6) is 0 Å². The van der Waals surface area contributed by atoms with Gasteiger partial charge in [-0.1, -0.05) is 128 Å². The third kappa shape index (κ3) is 31.6. The summed E-state index contributed by atoms with van der Waals surface area (Å²) in [6.07, 6.45) is 31.0. The van der Waals surface area contributed by atoms with Crippen LogP contribution < -0.4 is 51.2 Å². The number of carbonyl (C=O) groups excluding carboxylic acids is 5. The maximum absolute atomic E-state index is 13.1. The van der Waals surface area contributed by atoms with Gasteiger partial charge in [0.15, 0.2) is 5.78 Å². The molecule has 25 heteroatoms. The number of halogens is 1. The van der Waals surface area contributed by atoms with Gasteiger partial charge in [-0.2, -0.15) is 17.7 Å². The van der Waals surface area contributed by atoms with Gasteiger partial charge in [-0.25, -0.2) is 44.7 Å². The number of nitrogens with two attached hydrogens (primary N) is 1. The number of aromatic nitrogens is 8. The molecule has 3 amide bonds. The van der Waals surface area contributed by atoms with Gasteiger partial charge in [0.05, 0.1) is 28.4 Å². The second-order valence-electron chi connectivity index (χ2n) is 29.7. The maximum Gasteiger partial charge on any atom is 1.00 e. The van der Waals surface area contributed by atoms with E-state index in [0.717, 1.165) is 132 Å². The number of fused-ring (bicyclic) bond motifs is 4. The van der Waals surface area contributed by atoms with Gasteiger partial charge in [-0.05, 0) is 185 Å². The van der Waals surface area contributed by atoms with Crippen LogP contribution in [0.1, 0.15) is 125 Å². The number of benzene rings is 6. The number of hydrogen-bond acceptors (Lipinski definition) is 20. The van der Waals surface area contributed by atoms with Gasteiger partial charge in [0.2, 0.25) is 17.1 Å². The molecule has 1 saturated carbocycles. The first-order chi connectivity index (χ1) is 53.2. The maximum atomic E-state index is 13.1. The van der Waals surface area contributed by atoms with E-state index in [0.29, 0.717) is 72.0 Å². The zero-order chi connectivity index (χ0) is 78.0. The summed E-state index contributed by atoms with van der Waals surface area (Å²) in [4.78, 5) is 102. The second-order valence-corrected chi connectivity index (χ2v) is 30.0. The summed E-state index contributed by atoms with van der Waals surface area (Å²) in [5.41, 5.74) is 11.7. The van der Waals surface area contributed by atoms with Crippen LogP contribution in [0.25, 0.3) is 43.6 Å². The summed E-state index contributed by atoms with van der Waals surface area (Å²) in [5.74, 6) is 3.39. The summed E-state index contributed by atoms with van der Waals surface area (Å²) in [6.45, 7) is 12.2. The minimum Gasteiger partial charge on any atom is -0.870 e. The molecule has 0 radical (unpaired) electrons. The number of anilines is 2. The van der Waals surface area contributed by atoms with Crippen LogP contribution in [0.15, 0.2) is 195 Å². The van der Waals surface area contributed by atoms with Crippen molar-refractivity contribution in [3.63, 3.8) is 0 Å². The fraction of sp³-hybridized carbons (Fsp3) is 0.391. The Morgan fingerprint density at radius 3 is 1.66 bits per heavy atom. The van der Waals surface area contributed by atoms with Crippen molar-refractivity contribution in [3.05, 3.63) is 228 Å². The van der Waals surface area contributed by atoms with E-state index in [-0.39, 0.29) is 64.8 Å². The van der Waals surface area contributed by atoms with Crippen molar-refractivity contribution in [1.82, 2.24) is 64.8 Å². The molecular weight excluding hydrogens is 1440 g/mol. The Hall–Kier alpha value is -9.40. The Morgan fingerprint density at radius 2 is 1.12 bits per heavy atom. The monoisotopic (exact) mass is 1550 g/mol. The quantitative estimate of drug-likeness (QED) is 0.0285. The van der Waals surface area contributed by atoms with Crippen LogP contribution in [0.2, 0.25) is 5.28 Å². The van der Waals surface area contributed by atoms with Gasteiger partial charge in [0.25, 0.3) is 5.91 Å². The number of likely N-dealkylation sites (tertiary alicyclic amines) is 2. The largest absolute Gasteiger partial charge is 1.00 e. The Morgan fingerprint density at radius 1 is 0.598 bits per heavy atom. The molecule has 6 aromatic carbocycles. The van der Waals surface area contributed by atoms with E-state index in [1.807, 2.05) is 202 Å². The van der Waals surface area contributed by atoms with E-state index in [4.69, 9.17) is 22.1 Å². The molecule has 1 aliphatic carbocycles. The number of ketones is 1. The molecule has 0 spiro atoms. The summed E-state index contributed by atoms with van der Waals surface area (Å²) in [6, 6.07) is 46.3. The normalized spacial score (nSPS) is 16.3. The number of ether oxygens (including phenoxy) is 1. The van der Waals surface area contributed by atoms with E-state index < -0.39 is 5.60 Å². The number of rotatable bonds is 17. The van der Waals surface area contributed by atoms with Gasteiger partial charge < -0.3 is 56.3 Å². The van der Waals surface area contributed by atoms with E-state index in [1.54, 1.807) is 48.9 Å². The molecule has 586 valence electrons. The van der Waals surface area contributed by atoms with Crippen LogP contribution in [-0.2, 0) is 38.4 Å². The van der Waals surface area contributed by atoms with Gasteiger partial charge in [0, 0.05) is 134 Å². The molecular formula is C87H107ClN16NaO7-. The standard InChI is InChI=1S/C27H31N5O2.C19H25N3O2.C14H17N3.C13H15N2O2.C8H5ClN2.C6H13N.Na.H2O/c1-31(2)15-6-9-24(33)17-20-11-13-21(14-12-20)26(34)32-16-5-8-23(19-32)29-27-28-18-22-7-3-4-10-25(22)30-27;1-19(2,3)24-18(23)22-10-6-7-14(13-22)11-17-20-12-15-8-4-5-9-16(15)21-17;1-2-6-13-12(5-1)10-16-14(17-13)8-11-4-3-7-15-9-11;1-15(2)9-3-4-13(17)14-12-7-5-11(10-16)6-8-12;9-8-10-5-6-3-1-2-4-7(6)11-8;7-6-4-2-1-3-5-6;;/h3-4,6-7,9-14,18,23H,5,8,15-17,19H2,1-2H3,(H,28,29,30);4-5,8-9,12,14H,6-7,10-11,13H2,1-3H3;1-2,5-6,10-11,15H,3-4,7-9H2;3-8H,9H2,1-2H3,(H,14,17);1-5H;6H,1-5,7H2;;1H2/q;;;-1;;;+1;/p-1/b9-6+;;;4-3+;;;;/t23-;14-;11-;;;;;/m100...../s1. The predicted octanol–water partition coefficient (Wildman–Crippen LogP) is 11.2. The molecule has 112 heavy (non-hydrogen) atoms. The van der Waals surface area contributed by atoms with Crippen LogP contribution in [0.3, 0.4) is 0 Å². The number of nitrogens with zero attached hydrogens (tertiary/aromatic N) is 12. The van der Waals surface area contributed by atoms with Crippen molar-refractivity contribution >= 4 is 96.8 Å². The third-order valence-electron chi connectivity index (χ3n) is 18.6. The molecule has 3 saturated heterocycles. The second kappa shape index (κ2) is 47.2. The molecule has 10 aromatic rings. The Bertz CT molecular complexity index is 4630. The van der Waals surface area contributed by atoms with E-state index in [9.17, 15) is 24.0 Å². The Balaban J connectivity index is 0.000000197. The Kier molecular flexibility index (Phi) is 37.8. The van der Waals surface area contributed by atoms with E-state index in [2.05, 4.69) is 68.0 Å². The molecule has 3 aliphatic heterocycles. The average Bonchev–Trinajstić information content (AvgIpc) is 0.562. The molecule has 14 rings (SSSR count). The van der Waals surface area contributed by atoms with Crippen molar-refractivity contribution in [2.75, 3.05) is 91.2 Å². The number of amides is 3. The fourth-order valence-corrected chi connectivity index (χ4v) is 13.1. The molecule has 4 aromatic heterocycles. The molecule has 0 bridgehead atoms. The zero-order valence-electron chi connectivity index (χ0n) is 66.1. The van der Waals surface area contributed by atoms with Crippen LogP contribution in [0, 0.1) is 11.8 Å². The van der Waals surface area contributed by atoms with Gasteiger partial charge >= 0.3 is 35.7 Å². The minimum absolute atomic E-state index is 0. The number of likely N-dealkylation sites (N-methyl/N-ethyl adjacent to an activating group) is 2. The molecule has 7 heterocycles. The SMILES string of the molecule is CC(C)(C)OC(=O)N1CCC[C@@H](Cc2ncc3ccccc3n2)C1.CN(C)C/C=C/C(=O)Cc1ccc(C(=O)N2CCC[C@@H](Nc3ncc4ccccc4n3)C2)cc1.CN(C)C/C=C/C(=O)Nc1ccc([C-]=O)cc1.Clc1ncc2ccccc2n1.NC1CCCCC1.[Na+].[OH-].c1ccc2nc(C[C@@H]3CCCNC3)ncc2c1. The summed E-state index contributed by atoms with van der Waals surface area (Å²) < 4.78 is 5.49. The molecule has 4 fully saturated rings. The fourth-order valence-electron chi connectivity index (χ4n) is 12.9. The zero-order valence-corrected chi connectivity index (χ0v) is 68.8. The van der Waals surface area contributed by atoms with Gasteiger partial charge in [0.1, 0.15) is 17.2 Å².